The van der Waals surface area contributed by atoms with Gasteiger partial charge >= 0.3 is 0 Å². The predicted octanol–water partition coefficient (Wildman–Crippen LogP) is 2.51. The number of nitrogens with zero attached hydrogens (tertiary/aromatic N) is 1. The van der Waals surface area contributed by atoms with Gasteiger partial charge in [-0.3, -0.25) is 4.79 Å². The molecule has 1 atom stereocenters. The van der Waals surface area contributed by atoms with E-state index >= 15 is 0 Å². The molecule has 0 saturated heterocycles. The van der Waals surface area contributed by atoms with Crippen LogP contribution < -0.4 is 5.32 Å². The smallest absolute Gasteiger partial charge is 0.228 e. The SMILES string of the molecule is CNC(=O)C(CN(C)C(C)C)c1ccc(Cl)cc1. The van der Waals surface area contributed by atoms with E-state index < -0.39 is 0 Å². The molecule has 1 amide bonds. The Kier molecular flexibility index (Phi) is 5.63. The van der Waals surface area contributed by atoms with E-state index in [1.165, 1.54) is 0 Å². The molecule has 0 aliphatic carbocycles. The Bertz CT molecular complexity index is 389. The van der Waals surface area contributed by atoms with E-state index in [2.05, 4.69) is 24.1 Å². The highest BCUT2D eigenvalue weighted by Crippen LogP contribution is 2.20. The highest BCUT2D eigenvalue weighted by molar-refractivity contribution is 6.30. The first-order valence-electron chi connectivity index (χ1n) is 6.13. The molecule has 1 rings (SSSR count). The van der Waals surface area contributed by atoms with Crippen LogP contribution in [0.3, 0.4) is 0 Å². The Morgan fingerprint density at radius 3 is 2.33 bits per heavy atom. The number of rotatable bonds is 5. The van der Waals surface area contributed by atoms with Crippen LogP contribution in [0.2, 0.25) is 5.02 Å². The second-order valence-electron chi connectivity index (χ2n) is 4.75. The lowest BCUT2D eigenvalue weighted by atomic mass is 9.97. The number of halogens is 1. The molecule has 3 nitrogen and oxygen atoms in total. The van der Waals surface area contributed by atoms with Gasteiger partial charge in [-0.2, -0.15) is 0 Å². The van der Waals surface area contributed by atoms with Crippen molar-refractivity contribution < 1.29 is 4.79 Å². The first-order valence-corrected chi connectivity index (χ1v) is 6.50. The van der Waals surface area contributed by atoms with Crippen molar-refractivity contribution in [2.75, 3.05) is 20.6 Å². The molecule has 1 unspecified atom stereocenters. The minimum Gasteiger partial charge on any atom is -0.359 e. The molecule has 100 valence electrons. The number of carbonyl (C=O) groups excluding carboxylic acids is 1. The van der Waals surface area contributed by atoms with Gasteiger partial charge in [0.05, 0.1) is 5.92 Å². The molecule has 0 radical (unpaired) electrons. The molecule has 0 aliphatic heterocycles. The maximum atomic E-state index is 12.0. The van der Waals surface area contributed by atoms with Crippen molar-refractivity contribution >= 4 is 17.5 Å². The summed E-state index contributed by atoms with van der Waals surface area (Å²) >= 11 is 5.88. The first kappa shape index (κ1) is 15.0. The fourth-order valence-electron chi connectivity index (χ4n) is 1.71. The normalized spacial score (nSPS) is 12.8. The largest absolute Gasteiger partial charge is 0.359 e. The van der Waals surface area contributed by atoms with E-state index in [1.54, 1.807) is 7.05 Å². The topological polar surface area (TPSA) is 32.3 Å². The fraction of sp³-hybridized carbons (Fsp3) is 0.500. The van der Waals surface area contributed by atoms with Crippen molar-refractivity contribution in [3.63, 3.8) is 0 Å². The maximum Gasteiger partial charge on any atom is 0.228 e. The number of amides is 1. The summed E-state index contributed by atoms with van der Waals surface area (Å²) < 4.78 is 0. The van der Waals surface area contributed by atoms with Gasteiger partial charge in [-0.25, -0.2) is 0 Å². The molecule has 0 bridgehead atoms. The van der Waals surface area contributed by atoms with Crippen molar-refractivity contribution in [2.24, 2.45) is 0 Å². The van der Waals surface area contributed by atoms with Gasteiger partial charge in [0.15, 0.2) is 0 Å². The van der Waals surface area contributed by atoms with Crippen LogP contribution in [-0.2, 0) is 4.79 Å². The second kappa shape index (κ2) is 6.76. The lowest BCUT2D eigenvalue weighted by Gasteiger charge is -2.26. The number of likely N-dealkylation sites (N-methyl/N-ethyl adjacent to an activating group) is 2. The fourth-order valence-corrected chi connectivity index (χ4v) is 1.83. The van der Waals surface area contributed by atoms with Crippen LogP contribution in [0.4, 0.5) is 0 Å². The minimum atomic E-state index is -0.167. The third kappa shape index (κ3) is 4.00. The summed E-state index contributed by atoms with van der Waals surface area (Å²) in [6.45, 7) is 4.92. The van der Waals surface area contributed by atoms with E-state index in [4.69, 9.17) is 11.6 Å². The van der Waals surface area contributed by atoms with Gasteiger partial charge in [0, 0.05) is 24.7 Å². The van der Waals surface area contributed by atoms with Crippen LogP contribution in [0.1, 0.15) is 25.3 Å². The van der Waals surface area contributed by atoms with E-state index in [0.29, 0.717) is 17.6 Å². The van der Waals surface area contributed by atoms with E-state index in [1.807, 2.05) is 31.3 Å². The van der Waals surface area contributed by atoms with Crippen LogP contribution >= 0.6 is 11.6 Å². The molecule has 0 spiro atoms. The molecule has 18 heavy (non-hydrogen) atoms. The summed E-state index contributed by atoms with van der Waals surface area (Å²) in [4.78, 5) is 14.1. The third-order valence-electron chi connectivity index (χ3n) is 3.19. The third-order valence-corrected chi connectivity index (χ3v) is 3.44. The molecule has 1 aromatic rings. The molecule has 0 fully saturated rings. The van der Waals surface area contributed by atoms with Crippen LogP contribution in [0.5, 0.6) is 0 Å². The van der Waals surface area contributed by atoms with Crippen LogP contribution in [-0.4, -0.2) is 37.5 Å². The Labute approximate surface area is 114 Å². The highest BCUT2D eigenvalue weighted by Gasteiger charge is 2.22. The molecule has 1 aromatic carbocycles. The monoisotopic (exact) mass is 268 g/mol. The van der Waals surface area contributed by atoms with Gasteiger partial charge < -0.3 is 10.2 Å². The molecular formula is C14H21ClN2O. The first-order chi connectivity index (χ1) is 8.45. The van der Waals surface area contributed by atoms with Crippen molar-refractivity contribution in [3.8, 4) is 0 Å². The van der Waals surface area contributed by atoms with Crippen molar-refractivity contribution in [1.29, 1.82) is 0 Å². The molecule has 0 heterocycles. The summed E-state index contributed by atoms with van der Waals surface area (Å²) in [6.07, 6.45) is 0. The summed E-state index contributed by atoms with van der Waals surface area (Å²) in [6, 6.07) is 7.88. The Balaban J connectivity index is 2.91. The van der Waals surface area contributed by atoms with Crippen molar-refractivity contribution in [3.05, 3.63) is 34.9 Å². The highest BCUT2D eigenvalue weighted by atomic mass is 35.5. The van der Waals surface area contributed by atoms with Gasteiger partial charge in [0.1, 0.15) is 0 Å². The zero-order valence-electron chi connectivity index (χ0n) is 11.4. The molecule has 0 saturated carbocycles. The van der Waals surface area contributed by atoms with Crippen LogP contribution in [0.15, 0.2) is 24.3 Å². The molecule has 1 N–H and O–H groups in total. The van der Waals surface area contributed by atoms with Gasteiger partial charge in [0.25, 0.3) is 0 Å². The van der Waals surface area contributed by atoms with Crippen LogP contribution in [0, 0.1) is 0 Å². The van der Waals surface area contributed by atoms with Gasteiger partial charge in [-0.05, 0) is 38.6 Å². The summed E-state index contributed by atoms with van der Waals surface area (Å²) in [5.41, 5.74) is 0.992. The van der Waals surface area contributed by atoms with E-state index in [0.717, 1.165) is 5.56 Å². The molecule has 0 aliphatic rings. The minimum absolute atomic E-state index is 0.0322. The standard InChI is InChI=1S/C14H21ClN2O/c1-10(2)17(4)9-13(14(18)16-3)11-5-7-12(15)8-6-11/h5-8,10,13H,9H2,1-4H3,(H,16,18). The van der Waals surface area contributed by atoms with Crippen LogP contribution in [0.25, 0.3) is 0 Å². The summed E-state index contributed by atoms with van der Waals surface area (Å²) in [5.74, 6) is -0.135. The molecule has 0 aromatic heterocycles. The number of hydrogen-bond acceptors (Lipinski definition) is 2. The van der Waals surface area contributed by atoms with E-state index in [-0.39, 0.29) is 11.8 Å². The van der Waals surface area contributed by atoms with Crippen molar-refractivity contribution in [2.45, 2.75) is 25.8 Å². The zero-order chi connectivity index (χ0) is 13.7. The number of nitrogens with one attached hydrogen (secondary N) is 1. The summed E-state index contributed by atoms with van der Waals surface area (Å²) in [7, 11) is 3.69. The lowest BCUT2D eigenvalue weighted by Crippen LogP contribution is -2.37. The number of hydrogen-bond donors (Lipinski definition) is 1. The second-order valence-corrected chi connectivity index (χ2v) is 5.19. The van der Waals surface area contributed by atoms with E-state index in [9.17, 15) is 4.79 Å². The average molecular weight is 269 g/mol. The van der Waals surface area contributed by atoms with Gasteiger partial charge in [-0.1, -0.05) is 23.7 Å². The number of benzene rings is 1. The zero-order valence-corrected chi connectivity index (χ0v) is 12.2. The predicted molar refractivity (Wildman–Crippen MR) is 76.0 cm³/mol. The van der Waals surface area contributed by atoms with Crippen molar-refractivity contribution in [1.82, 2.24) is 10.2 Å². The average Bonchev–Trinajstić information content (AvgIpc) is 2.35. The Morgan fingerprint density at radius 2 is 1.89 bits per heavy atom. The number of carbonyl (C=O) groups is 1. The Hall–Kier alpha value is -1.06. The quantitative estimate of drug-likeness (QED) is 0.890. The summed E-state index contributed by atoms with van der Waals surface area (Å²) in [5, 5.41) is 3.41. The lowest BCUT2D eigenvalue weighted by molar-refractivity contribution is -0.122. The Morgan fingerprint density at radius 1 is 1.33 bits per heavy atom. The van der Waals surface area contributed by atoms with Gasteiger partial charge in [-0.15, -0.1) is 0 Å². The van der Waals surface area contributed by atoms with Gasteiger partial charge in [0.2, 0.25) is 5.91 Å². The molecule has 4 heteroatoms. The maximum absolute atomic E-state index is 12.0. The molecular weight excluding hydrogens is 248 g/mol.